The number of carbonyl (C=O) groups is 1. The Morgan fingerprint density at radius 1 is 1.43 bits per heavy atom. The molecule has 1 aliphatic rings. The van der Waals surface area contributed by atoms with Gasteiger partial charge in [0.2, 0.25) is 11.2 Å². The van der Waals surface area contributed by atoms with E-state index in [9.17, 15) is 9.00 Å². The molecule has 1 atom stereocenters. The van der Waals surface area contributed by atoms with E-state index in [1.165, 1.54) is 18.5 Å². The average Bonchev–Trinajstić information content (AvgIpc) is 2.96. The van der Waals surface area contributed by atoms with Crippen molar-refractivity contribution in [1.82, 2.24) is 9.29 Å². The van der Waals surface area contributed by atoms with Gasteiger partial charge in [-0.3, -0.25) is 4.31 Å². The van der Waals surface area contributed by atoms with Crippen LogP contribution in [0.25, 0.3) is 10.2 Å². The average molecular weight is 321 g/mol. The summed E-state index contributed by atoms with van der Waals surface area (Å²) in [5.41, 5.74) is 4.05. The van der Waals surface area contributed by atoms with E-state index in [0.29, 0.717) is 5.71 Å². The van der Waals surface area contributed by atoms with E-state index in [1.807, 2.05) is 18.2 Å². The minimum Gasteiger partial charge on any atom is -0.464 e. The van der Waals surface area contributed by atoms with Crippen molar-refractivity contribution in [3.8, 4) is 0 Å². The monoisotopic (exact) mass is 321 g/mol. The number of allylic oxidation sites excluding steroid dienone is 1. The third kappa shape index (κ3) is 2.47. The summed E-state index contributed by atoms with van der Waals surface area (Å²) in [6.45, 7) is 0. The molecule has 1 aliphatic heterocycles. The van der Waals surface area contributed by atoms with Crippen LogP contribution in [0.1, 0.15) is 5.56 Å². The van der Waals surface area contributed by atoms with Gasteiger partial charge in [-0.1, -0.05) is 6.07 Å². The van der Waals surface area contributed by atoms with Gasteiger partial charge in [-0.15, -0.1) is 11.3 Å². The van der Waals surface area contributed by atoms with Crippen LogP contribution >= 0.6 is 11.3 Å². The third-order valence-corrected chi connectivity index (χ3v) is 4.87. The molecule has 0 fully saturated rings. The number of benzene rings is 1. The molecule has 0 N–H and O–H groups in total. The van der Waals surface area contributed by atoms with Crippen LogP contribution in [-0.4, -0.2) is 39.3 Å². The van der Waals surface area contributed by atoms with Gasteiger partial charge in [0, 0.05) is 12.6 Å². The maximum absolute atomic E-state index is 12.0. The van der Waals surface area contributed by atoms with Crippen LogP contribution in [0.5, 0.6) is 0 Å². The number of nitrogens with zero attached hydrogens (tertiary/aromatic N) is 3. The van der Waals surface area contributed by atoms with Crippen molar-refractivity contribution in [1.29, 1.82) is 0 Å². The Morgan fingerprint density at radius 3 is 3.00 bits per heavy atom. The molecule has 6 nitrogen and oxygen atoms in total. The molecule has 8 heteroatoms. The van der Waals surface area contributed by atoms with Crippen LogP contribution < -0.4 is 0 Å². The second-order valence-electron chi connectivity index (χ2n) is 4.26. The summed E-state index contributed by atoms with van der Waals surface area (Å²) in [5.74, 6) is -0.548. The number of rotatable bonds is 2. The standard InChI is InChI=1S/C13H11N3O3S2/c1-16-11(13(17)19-2)6-9(15-21(16)18)8-3-4-12-10(5-8)14-7-20-12/h3-7H,1-2H3. The SMILES string of the molecule is COC(=O)C1=CC(c2ccc3scnc3c2)=NS(=O)N1C. The minimum absolute atomic E-state index is 0.208. The number of methoxy groups -OCH3 is 1. The Balaban J connectivity index is 2.07. The highest BCUT2D eigenvalue weighted by Gasteiger charge is 2.25. The Labute approximate surface area is 127 Å². The maximum atomic E-state index is 12.0. The van der Waals surface area contributed by atoms with E-state index in [0.717, 1.165) is 15.8 Å². The Hall–Kier alpha value is -2.06. The molecule has 2 heterocycles. The summed E-state index contributed by atoms with van der Waals surface area (Å²) in [6.07, 6.45) is 1.57. The lowest BCUT2D eigenvalue weighted by atomic mass is 10.1. The summed E-state index contributed by atoms with van der Waals surface area (Å²) < 4.78 is 23.1. The molecule has 0 spiro atoms. The Bertz CT molecular complexity index is 810. The molecular formula is C13H11N3O3S2. The van der Waals surface area contributed by atoms with Crippen LogP contribution in [0.3, 0.4) is 0 Å². The van der Waals surface area contributed by atoms with Crippen molar-refractivity contribution in [2.75, 3.05) is 14.2 Å². The van der Waals surface area contributed by atoms with Gasteiger partial charge in [-0.25, -0.2) is 14.0 Å². The van der Waals surface area contributed by atoms with Gasteiger partial charge in [0.1, 0.15) is 5.70 Å². The summed E-state index contributed by atoms with van der Waals surface area (Å²) in [7, 11) is 2.81. The van der Waals surface area contributed by atoms with E-state index >= 15 is 0 Å². The number of carbonyl (C=O) groups excluding carboxylic acids is 1. The lowest BCUT2D eigenvalue weighted by Gasteiger charge is -2.21. The maximum Gasteiger partial charge on any atom is 0.355 e. The van der Waals surface area contributed by atoms with Crippen molar-refractivity contribution < 1.29 is 13.7 Å². The Kier molecular flexibility index (Phi) is 3.56. The van der Waals surface area contributed by atoms with Gasteiger partial charge < -0.3 is 4.74 Å². The van der Waals surface area contributed by atoms with Crippen molar-refractivity contribution in [3.63, 3.8) is 0 Å². The van der Waals surface area contributed by atoms with Crippen LogP contribution in [0.2, 0.25) is 0 Å². The fourth-order valence-electron chi connectivity index (χ4n) is 1.92. The molecule has 1 unspecified atom stereocenters. The molecule has 1 aromatic carbocycles. The Morgan fingerprint density at radius 2 is 2.24 bits per heavy atom. The highest BCUT2D eigenvalue weighted by molar-refractivity contribution is 7.81. The first-order valence-electron chi connectivity index (χ1n) is 5.98. The molecule has 0 bridgehead atoms. The zero-order valence-electron chi connectivity index (χ0n) is 11.3. The van der Waals surface area contributed by atoms with Gasteiger partial charge in [0.25, 0.3) is 0 Å². The summed E-state index contributed by atoms with van der Waals surface area (Å²) in [5, 5.41) is 0. The first-order chi connectivity index (χ1) is 10.1. The molecule has 1 aromatic heterocycles. The molecule has 3 rings (SSSR count). The number of ether oxygens (including phenoxy) is 1. The zero-order chi connectivity index (χ0) is 15.0. The zero-order valence-corrected chi connectivity index (χ0v) is 12.9. The van der Waals surface area contributed by atoms with Crippen LogP contribution in [0.4, 0.5) is 0 Å². The van der Waals surface area contributed by atoms with Gasteiger partial charge in [0.15, 0.2) is 0 Å². The lowest BCUT2D eigenvalue weighted by molar-refractivity contribution is -0.137. The smallest absolute Gasteiger partial charge is 0.355 e. The quantitative estimate of drug-likeness (QED) is 0.789. The number of esters is 1. The summed E-state index contributed by atoms with van der Waals surface area (Å²) in [6, 6.07) is 5.66. The molecule has 0 aliphatic carbocycles. The van der Waals surface area contributed by atoms with Crippen LogP contribution in [0, 0.1) is 0 Å². The predicted molar refractivity (Wildman–Crippen MR) is 82.2 cm³/mol. The highest BCUT2D eigenvalue weighted by Crippen LogP contribution is 2.22. The van der Waals surface area contributed by atoms with Crippen LogP contribution in [-0.2, 0) is 20.7 Å². The number of hydrogen-bond donors (Lipinski definition) is 0. The van der Waals surface area contributed by atoms with E-state index in [2.05, 4.69) is 9.38 Å². The van der Waals surface area contributed by atoms with Crippen molar-refractivity contribution in [2.24, 2.45) is 4.40 Å². The molecule has 108 valence electrons. The minimum atomic E-state index is -1.66. The van der Waals surface area contributed by atoms with E-state index < -0.39 is 17.1 Å². The molecule has 0 amide bonds. The second kappa shape index (κ2) is 5.38. The van der Waals surface area contributed by atoms with E-state index in [1.54, 1.807) is 22.9 Å². The highest BCUT2D eigenvalue weighted by atomic mass is 32.2. The van der Waals surface area contributed by atoms with Crippen molar-refractivity contribution in [2.45, 2.75) is 0 Å². The van der Waals surface area contributed by atoms with E-state index in [4.69, 9.17) is 4.74 Å². The lowest BCUT2D eigenvalue weighted by Crippen LogP contribution is -2.30. The van der Waals surface area contributed by atoms with Gasteiger partial charge in [0.05, 0.1) is 28.5 Å². The first-order valence-corrected chi connectivity index (χ1v) is 7.92. The third-order valence-electron chi connectivity index (χ3n) is 3.04. The topological polar surface area (TPSA) is 71.9 Å². The summed E-state index contributed by atoms with van der Waals surface area (Å²) >= 11 is -0.114. The molecule has 0 radical (unpaired) electrons. The van der Waals surface area contributed by atoms with Crippen molar-refractivity contribution in [3.05, 3.63) is 41.0 Å². The normalized spacial score (nSPS) is 18.4. The van der Waals surface area contributed by atoms with Gasteiger partial charge in [-0.05, 0) is 18.2 Å². The number of thiazole rings is 1. The molecule has 0 saturated carbocycles. The summed E-state index contributed by atoms with van der Waals surface area (Å²) in [4.78, 5) is 16.0. The second-order valence-corrected chi connectivity index (χ2v) is 6.34. The van der Waals surface area contributed by atoms with Gasteiger partial charge in [-0.2, -0.15) is 4.40 Å². The molecule has 21 heavy (non-hydrogen) atoms. The fraction of sp³-hybridized carbons (Fsp3) is 0.154. The van der Waals surface area contributed by atoms with Crippen molar-refractivity contribution >= 4 is 44.4 Å². The number of aromatic nitrogens is 1. The molecule has 2 aromatic rings. The number of likely N-dealkylation sites (N-methyl/N-ethyl adjacent to an activating group) is 1. The first kappa shape index (κ1) is 13.9. The van der Waals surface area contributed by atoms with Gasteiger partial charge >= 0.3 is 5.97 Å². The largest absolute Gasteiger partial charge is 0.464 e. The predicted octanol–water partition coefficient (Wildman–Crippen LogP) is 1.67. The molecular weight excluding hydrogens is 310 g/mol. The van der Waals surface area contributed by atoms with E-state index in [-0.39, 0.29) is 5.70 Å². The number of fused-ring (bicyclic) bond motifs is 1. The van der Waals surface area contributed by atoms with Crippen LogP contribution in [0.15, 0.2) is 39.9 Å². The fourth-order valence-corrected chi connectivity index (χ4v) is 3.32. The number of hydrogen-bond acceptors (Lipinski definition) is 5. The molecule has 0 saturated heterocycles.